The standard InChI is InChI=1S/C15H10Cl2N2O2/c16-10-3-1-2-8(14(10)18)15(21)9-4-7-5-13(20)19-12(7)6-11(9)17/h1-4,6H,5,18H2,(H,19,20). The van der Waals surface area contributed by atoms with E-state index < -0.39 is 0 Å². The van der Waals surface area contributed by atoms with Gasteiger partial charge in [-0.2, -0.15) is 0 Å². The molecule has 6 heteroatoms. The van der Waals surface area contributed by atoms with E-state index in [4.69, 9.17) is 28.9 Å². The summed E-state index contributed by atoms with van der Waals surface area (Å²) in [4.78, 5) is 24.0. The number of rotatable bonds is 2. The Morgan fingerprint density at radius 2 is 1.90 bits per heavy atom. The zero-order chi connectivity index (χ0) is 15.1. The number of hydrogen-bond donors (Lipinski definition) is 2. The third-order valence-electron chi connectivity index (χ3n) is 3.36. The van der Waals surface area contributed by atoms with Crippen molar-refractivity contribution in [2.75, 3.05) is 11.1 Å². The number of amides is 1. The van der Waals surface area contributed by atoms with Gasteiger partial charge in [-0.05, 0) is 29.8 Å². The number of para-hydroxylation sites is 1. The Kier molecular flexibility index (Phi) is 3.35. The number of nitrogens with one attached hydrogen (secondary N) is 1. The molecule has 0 fully saturated rings. The van der Waals surface area contributed by atoms with Crippen molar-refractivity contribution in [2.24, 2.45) is 0 Å². The summed E-state index contributed by atoms with van der Waals surface area (Å²) in [5.41, 5.74) is 8.04. The summed E-state index contributed by atoms with van der Waals surface area (Å²) >= 11 is 12.1. The van der Waals surface area contributed by atoms with Crippen LogP contribution in [0.3, 0.4) is 0 Å². The highest BCUT2D eigenvalue weighted by molar-refractivity contribution is 6.37. The average molecular weight is 321 g/mol. The lowest BCUT2D eigenvalue weighted by atomic mass is 9.99. The van der Waals surface area contributed by atoms with Gasteiger partial charge in [0.1, 0.15) is 0 Å². The van der Waals surface area contributed by atoms with Crippen LogP contribution in [0.5, 0.6) is 0 Å². The van der Waals surface area contributed by atoms with Crippen molar-refractivity contribution in [3.63, 3.8) is 0 Å². The van der Waals surface area contributed by atoms with Gasteiger partial charge in [0.2, 0.25) is 5.91 Å². The summed E-state index contributed by atoms with van der Waals surface area (Å²) in [6, 6.07) is 8.06. The summed E-state index contributed by atoms with van der Waals surface area (Å²) in [7, 11) is 0. The highest BCUT2D eigenvalue weighted by Gasteiger charge is 2.23. The first-order chi connectivity index (χ1) is 9.97. The lowest BCUT2D eigenvalue weighted by molar-refractivity contribution is -0.115. The van der Waals surface area contributed by atoms with Gasteiger partial charge in [0, 0.05) is 16.8 Å². The molecule has 0 aliphatic carbocycles. The smallest absolute Gasteiger partial charge is 0.228 e. The highest BCUT2D eigenvalue weighted by atomic mass is 35.5. The van der Waals surface area contributed by atoms with Crippen molar-refractivity contribution in [2.45, 2.75) is 6.42 Å². The summed E-state index contributed by atoms with van der Waals surface area (Å²) in [5.74, 6) is -0.435. The summed E-state index contributed by atoms with van der Waals surface area (Å²) in [5, 5.41) is 3.26. The number of halogens is 2. The van der Waals surface area contributed by atoms with Crippen molar-refractivity contribution < 1.29 is 9.59 Å². The van der Waals surface area contributed by atoms with Crippen LogP contribution in [0, 0.1) is 0 Å². The molecule has 21 heavy (non-hydrogen) atoms. The Morgan fingerprint density at radius 1 is 1.14 bits per heavy atom. The Morgan fingerprint density at radius 3 is 2.67 bits per heavy atom. The predicted octanol–water partition coefficient (Wildman–Crippen LogP) is 3.30. The number of nitrogens with two attached hydrogens (primary N) is 1. The molecule has 0 saturated heterocycles. The molecule has 4 nitrogen and oxygen atoms in total. The predicted molar refractivity (Wildman–Crippen MR) is 83.1 cm³/mol. The number of carbonyl (C=O) groups excluding carboxylic acids is 2. The number of fused-ring (bicyclic) bond motifs is 1. The minimum Gasteiger partial charge on any atom is -0.397 e. The van der Waals surface area contributed by atoms with Gasteiger partial charge < -0.3 is 11.1 Å². The largest absolute Gasteiger partial charge is 0.397 e. The molecule has 0 unspecified atom stereocenters. The summed E-state index contributed by atoms with van der Waals surface area (Å²) in [6.07, 6.45) is 0.234. The molecule has 0 bridgehead atoms. The molecule has 0 spiro atoms. The number of nitrogen functional groups attached to an aromatic ring is 1. The van der Waals surface area contributed by atoms with Crippen molar-refractivity contribution in [1.82, 2.24) is 0 Å². The fourth-order valence-corrected chi connectivity index (χ4v) is 2.73. The third kappa shape index (κ3) is 2.37. The SMILES string of the molecule is Nc1c(Cl)cccc1C(=O)c1cc2c(cc1Cl)NC(=O)C2. The van der Waals surface area contributed by atoms with Crippen LogP contribution >= 0.6 is 23.2 Å². The Hall–Kier alpha value is -2.04. The molecule has 3 N–H and O–H groups in total. The van der Waals surface area contributed by atoms with E-state index in [2.05, 4.69) is 5.32 Å². The molecule has 0 saturated carbocycles. The van der Waals surface area contributed by atoms with Gasteiger partial charge in [-0.1, -0.05) is 29.3 Å². The van der Waals surface area contributed by atoms with Gasteiger partial charge in [-0.3, -0.25) is 9.59 Å². The second kappa shape index (κ2) is 5.06. The van der Waals surface area contributed by atoms with Crippen molar-refractivity contribution in [3.05, 3.63) is 57.1 Å². The maximum atomic E-state index is 12.6. The molecule has 1 aliphatic heterocycles. The van der Waals surface area contributed by atoms with E-state index in [9.17, 15) is 9.59 Å². The van der Waals surface area contributed by atoms with E-state index in [1.165, 1.54) is 0 Å². The highest BCUT2D eigenvalue weighted by Crippen LogP contribution is 2.32. The number of carbonyl (C=O) groups is 2. The number of anilines is 2. The molecule has 1 amide bonds. The Labute approximate surface area is 130 Å². The van der Waals surface area contributed by atoms with Crippen LogP contribution in [0.25, 0.3) is 0 Å². The van der Waals surface area contributed by atoms with Crippen LogP contribution in [0.2, 0.25) is 10.0 Å². The topological polar surface area (TPSA) is 72.2 Å². The van der Waals surface area contributed by atoms with Crippen LogP contribution in [0.4, 0.5) is 11.4 Å². The number of ketones is 1. The first-order valence-corrected chi connectivity index (χ1v) is 6.94. The summed E-state index contributed by atoms with van der Waals surface area (Å²) < 4.78 is 0. The van der Waals surface area contributed by atoms with Crippen LogP contribution in [-0.2, 0) is 11.2 Å². The fourth-order valence-electron chi connectivity index (χ4n) is 2.30. The summed E-state index contributed by atoms with van der Waals surface area (Å²) in [6.45, 7) is 0. The van der Waals surface area contributed by atoms with E-state index in [-0.39, 0.29) is 28.8 Å². The van der Waals surface area contributed by atoms with Crippen molar-refractivity contribution >= 4 is 46.3 Å². The van der Waals surface area contributed by atoms with Gasteiger partial charge in [-0.15, -0.1) is 0 Å². The van der Waals surface area contributed by atoms with Gasteiger partial charge in [0.25, 0.3) is 0 Å². The van der Waals surface area contributed by atoms with Gasteiger partial charge in [0.05, 0.1) is 22.2 Å². The van der Waals surface area contributed by atoms with Gasteiger partial charge >= 0.3 is 0 Å². The molecule has 0 aromatic heterocycles. The maximum Gasteiger partial charge on any atom is 0.228 e. The molecule has 2 aromatic carbocycles. The molecule has 0 radical (unpaired) electrons. The quantitative estimate of drug-likeness (QED) is 0.658. The minimum absolute atomic E-state index is 0.118. The molecule has 2 aromatic rings. The Bertz CT molecular complexity index is 787. The third-order valence-corrected chi connectivity index (χ3v) is 4.00. The van der Waals surface area contributed by atoms with Crippen LogP contribution in [0.1, 0.15) is 21.5 Å². The maximum absolute atomic E-state index is 12.6. The van der Waals surface area contributed by atoms with Crippen LogP contribution < -0.4 is 11.1 Å². The molecule has 0 atom stereocenters. The lowest BCUT2D eigenvalue weighted by Gasteiger charge is -2.09. The number of hydrogen-bond acceptors (Lipinski definition) is 3. The molecular weight excluding hydrogens is 311 g/mol. The molecule has 1 heterocycles. The van der Waals surface area contributed by atoms with Gasteiger partial charge in [-0.25, -0.2) is 0 Å². The van der Waals surface area contributed by atoms with E-state index in [1.807, 2.05) is 0 Å². The van der Waals surface area contributed by atoms with Crippen molar-refractivity contribution in [3.8, 4) is 0 Å². The van der Waals surface area contributed by atoms with Gasteiger partial charge in [0.15, 0.2) is 5.78 Å². The Balaban J connectivity index is 2.09. The van der Waals surface area contributed by atoms with E-state index in [0.29, 0.717) is 21.8 Å². The number of benzene rings is 2. The average Bonchev–Trinajstić information content (AvgIpc) is 2.79. The molecule has 106 valence electrons. The zero-order valence-corrected chi connectivity index (χ0v) is 12.3. The van der Waals surface area contributed by atoms with E-state index >= 15 is 0 Å². The van der Waals surface area contributed by atoms with E-state index in [0.717, 1.165) is 5.56 Å². The first kappa shape index (κ1) is 13.9. The van der Waals surface area contributed by atoms with Crippen molar-refractivity contribution in [1.29, 1.82) is 0 Å². The molecule has 1 aliphatic rings. The monoisotopic (exact) mass is 320 g/mol. The van der Waals surface area contributed by atoms with Crippen LogP contribution in [0.15, 0.2) is 30.3 Å². The zero-order valence-electron chi connectivity index (χ0n) is 10.7. The normalized spacial score (nSPS) is 13.0. The molecular formula is C15H10Cl2N2O2. The molecule has 3 rings (SSSR count). The lowest BCUT2D eigenvalue weighted by Crippen LogP contribution is -2.07. The fraction of sp³-hybridized carbons (Fsp3) is 0.0667. The second-order valence-corrected chi connectivity index (χ2v) is 5.56. The second-order valence-electron chi connectivity index (χ2n) is 4.74. The van der Waals surface area contributed by atoms with E-state index in [1.54, 1.807) is 30.3 Å². The van der Waals surface area contributed by atoms with Crippen LogP contribution in [-0.4, -0.2) is 11.7 Å². The first-order valence-electron chi connectivity index (χ1n) is 6.18. The minimum atomic E-state index is -0.317.